The third-order valence-electron chi connectivity index (χ3n) is 5.05. The molecule has 0 radical (unpaired) electrons. The summed E-state index contributed by atoms with van der Waals surface area (Å²) < 4.78 is 11.3. The number of imidazole rings is 1. The summed E-state index contributed by atoms with van der Waals surface area (Å²) in [5.74, 6) is -0.312. The van der Waals surface area contributed by atoms with Crippen molar-refractivity contribution in [3.8, 4) is 0 Å². The number of aromatic nitrogens is 5. The first-order valence-electron chi connectivity index (χ1n) is 9.27. The zero-order valence-corrected chi connectivity index (χ0v) is 16.2. The summed E-state index contributed by atoms with van der Waals surface area (Å²) in [7, 11) is 2.98. The van der Waals surface area contributed by atoms with Gasteiger partial charge in [0.05, 0.1) is 19.3 Å². The van der Waals surface area contributed by atoms with Crippen molar-refractivity contribution in [2.75, 3.05) is 6.61 Å². The number of ether oxygens (including phenoxy) is 1. The highest BCUT2D eigenvalue weighted by atomic mass is 16.5. The lowest BCUT2D eigenvalue weighted by atomic mass is 10.2. The number of carbonyl (C=O) groups is 1. The number of nitrogens with zero attached hydrogens (tertiary/aromatic N) is 5. The van der Waals surface area contributed by atoms with Crippen molar-refractivity contribution in [2.24, 2.45) is 14.1 Å². The Hall–Kier alpha value is -3.62. The van der Waals surface area contributed by atoms with Crippen LogP contribution < -0.4 is 11.2 Å². The standard InChI is InChI=1S/C20H21N5O4/c1-22-18-17(19(27)23(2)20(22)28)25(13-21-18)11-12-29-16(26)8-10-24-9-7-14-5-3-4-6-15(14)24/h3-7,9,13H,8,10-12H2,1-2H3. The van der Waals surface area contributed by atoms with E-state index in [-0.39, 0.29) is 25.5 Å². The van der Waals surface area contributed by atoms with E-state index in [2.05, 4.69) is 4.98 Å². The first kappa shape index (κ1) is 18.7. The zero-order chi connectivity index (χ0) is 20.5. The van der Waals surface area contributed by atoms with Crippen LogP contribution in [0.5, 0.6) is 0 Å². The van der Waals surface area contributed by atoms with Gasteiger partial charge in [-0.25, -0.2) is 9.78 Å². The van der Waals surface area contributed by atoms with Gasteiger partial charge in [0.2, 0.25) is 0 Å². The lowest BCUT2D eigenvalue weighted by Crippen LogP contribution is -2.37. The predicted molar refractivity (Wildman–Crippen MR) is 108 cm³/mol. The molecule has 9 heteroatoms. The van der Waals surface area contributed by atoms with Gasteiger partial charge >= 0.3 is 11.7 Å². The lowest BCUT2D eigenvalue weighted by Gasteiger charge is -2.08. The van der Waals surface area contributed by atoms with Crippen molar-refractivity contribution >= 4 is 28.0 Å². The molecule has 0 unspecified atom stereocenters. The van der Waals surface area contributed by atoms with Gasteiger partial charge in [0.1, 0.15) is 6.61 Å². The number of aryl methyl sites for hydroxylation is 2. The van der Waals surface area contributed by atoms with Crippen LogP contribution in [-0.4, -0.2) is 35.8 Å². The molecule has 0 saturated carbocycles. The van der Waals surface area contributed by atoms with Crippen molar-refractivity contribution in [2.45, 2.75) is 19.5 Å². The Balaban J connectivity index is 1.38. The van der Waals surface area contributed by atoms with Crippen LogP contribution in [0.1, 0.15) is 6.42 Å². The molecular formula is C20H21N5O4. The molecule has 0 spiro atoms. The highest BCUT2D eigenvalue weighted by Crippen LogP contribution is 2.15. The molecular weight excluding hydrogens is 374 g/mol. The molecule has 3 aromatic heterocycles. The average molecular weight is 395 g/mol. The van der Waals surface area contributed by atoms with Crippen molar-refractivity contribution in [1.29, 1.82) is 0 Å². The molecule has 4 rings (SSSR count). The minimum absolute atomic E-state index is 0.114. The predicted octanol–water partition coefficient (Wildman–Crippen LogP) is 1.02. The Bertz CT molecular complexity index is 1320. The highest BCUT2D eigenvalue weighted by molar-refractivity contribution is 5.80. The first-order valence-corrected chi connectivity index (χ1v) is 9.27. The first-order chi connectivity index (χ1) is 14.0. The molecule has 29 heavy (non-hydrogen) atoms. The zero-order valence-electron chi connectivity index (χ0n) is 16.2. The molecule has 3 heterocycles. The summed E-state index contributed by atoms with van der Waals surface area (Å²) in [6.07, 6.45) is 3.68. The van der Waals surface area contributed by atoms with Crippen molar-refractivity contribution in [1.82, 2.24) is 23.3 Å². The second-order valence-electron chi connectivity index (χ2n) is 6.85. The van der Waals surface area contributed by atoms with Crippen molar-refractivity contribution in [3.05, 3.63) is 63.7 Å². The maximum atomic E-state index is 12.4. The molecule has 1 aromatic carbocycles. The summed E-state index contributed by atoms with van der Waals surface area (Å²) in [5.41, 5.74) is 0.836. The molecule has 0 fully saturated rings. The molecule has 0 N–H and O–H groups in total. The topological polar surface area (TPSA) is 93.1 Å². The van der Waals surface area contributed by atoms with E-state index in [4.69, 9.17) is 4.74 Å². The van der Waals surface area contributed by atoms with Gasteiger partial charge in [-0.3, -0.25) is 18.7 Å². The molecule has 4 aromatic rings. The van der Waals surface area contributed by atoms with E-state index in [0.29, 0.717) is 17.7 Å². The van der Waals surface area contributed by atoms with E-state index in [1.807, 2.05) is 41.1 Å². The Morgan fingerprint density at radius 1 is 1.03 bits per heavy atom. The SMILES string of the molecule is Cn1c(=O)c2c(ncn2CCOC(=O)CCn2ccc3ccccc32)n(C)c1=O. The van der Waals surface area contributed by atoms with E-state index in [1.54, 1.807) is 11.6 Å². The maximum Gasteiger partial charge on any atom is 0.332 e. The second kappa shape index (κ2) is 7.42. The third kappa shape index (κ3) is 3.35. The van der Waals surface area contributed by atoms with E-state index < -0.39 is 11.2 Å². The van der Waals surface area contributed by atoms with E-state index in [9.17, 15) is 14.4 Å². The fraction of sp³-hybridized carbons (Fsp3) is 0.300. The van der Waals surface area contributed by atoms with Gasteiger partial charge in [0.15, 0.2) is 11.2 Å². The molecule has 0 bridgehead atoms. The Kier molecular flexibility index (Phi) is 4.79. The van der Waals surface area contributed by atoms with Gasteiger partial charge in [-0.05, 0) is 17.5 Å². The molecule has 9 nitrogen and oxygen atoms in total. The van der Waals surface area contributed by atoms with Crippen LogP contribution in [0.3, 0.4) is 0 Å². The molecule has 150 valence electrons. The largest absolute Gasteiger partial charge is 0.464 e. The number of para-hydroxylation sites is 1. The van der Waals surface area contributed by atoms with Gasteiger partial charge in [0, 0.05) is 32.4 Å². The number of hydrogen-bond donors (Lipinski definition) is 0. The fourth-order valence-corrected chi connectivity index (χ4v) is 3.44. The minimum atomic E-state index is -0.434. The Morgan fingerprint density at radius 3 is 2.66 bits per heavy atom. The van der Waals surface area contributed by atoms with Crippen LogP contribution in [0.25, 0.3) is 22.1 Å². The third-order valence-corrected chi connectivity index (χ3v) is 5.05. The van der Waals surface area contributed by atoms with Gasteiger partial charge in [-0.15, -0.1) is 0 Å². The van der Waals surface area contributed by atoms with Crippen LogP contribution in [0.4, 0.5) is 0 Å². The quantitative estimate of drug-likeness (QED) is 0.455. The monoisotopic (exact) mass is 395 g/mol. The average Bonchev–Trinajstić information content (AvgIpc) is 3.33. The number of carbonyl (C=O) groups excluding carboxylic acids is 1. The van der Waals surface area contributed by atoms with Crippen molar-refractivity contribution < 1.29 is 9.53 Å². The molecule has 0 aliphatic rings. The molecule has 0 amide bonds. The number of benzene rings is 1. The number of hydrogen-bond acceptors (Lipinski definition) is 5. The molecule has 0 atom stereocenters. The fourth-order valence-electron chi connectivity index (χ4n) is 3.44. The van der Waals surface area contributed by atoms with Crippen LogP contribution in [-0.2, 0) is 36.7 Å². The Morgan fingerprint density at radius 2 is 1.83 bits per heavy atom. The summed E-state index contributed by atoms with van der Waals surface area (Å²) in [5, 5.41) is 1.13. The number of esters is 1. The van der Waals surface area contributed by atoms with Crippen LogP contribution >= 0.6 is 0 Å². The maximum absolute atomic E-state index is 12.4. The second-order valence-corrected chi connectivity index (χ2v) is 6.85. The van der Waals surface area contributed by atoms with Crippen LogP contribution in [0.2, 0.25) is 0 Å². The van der Waals surface area contributed by atoms with Gasteiger partial charge < -0.3 is 13.9 Å². The van der Waals surface area contributed by atoms with E-state index in [0.717, 1.165) is 15.5 Å². The summed E-state index contributed by atoms with van der Waals surface area (Å²) in [4.78, 5) is 40.6. The lowest BCUT2D eigenvalue weighted by molar-refractivity contribution is -0.144. The van der Waals surface area contributed by atoms with Crippen molar-refractivity contribution in [3.63, 3.8) is 0 Å². The van der Waals surface area contributed by atoms with E-state index in [1.165, 1.54) is 17.9 Å². The van der Waals surface area contributed by atoms with Crippen LogP contribution in [0.15, 0.2) is 52.4 Å². The normalized spacial score (nSPS) is 11.4. The summed E-state index contributed by atoms with van der Waals surface area (Å²) in [6.45, 7) is 0.924. The van der Waals surface area contributed by atoms with Gasteiger partial charge in [0.25, 0.3) is 5.56 Å². The van der Waals surface area contributed by atoms with Crippen LogP contribution in [0, 0.1) is 0 Å². The van der Waals surface area contributed by atoms with Gasteiger partial charge in [-0.1, -0.05) is 18.2 Å². The highest BCUT2D eigenvalue weighted by Gasteiger charge is 2.14. The number of rotatable bonds is 6. The van der Waals surface area contributed by atoms with E-state index >= 15 is 0 Å². The Labute approximate surface area is 165 Å². The smallest absolute Gasteiger partial charge is 0.332 e. The minimum Gasteiger partial charge on any atom is -0.464 e. The van der Waals surface area contributed by atoms with Gasteiger partial charge in [-0.2, -0.15) is 0 Å². The molecule has 0 aliphatic heterocycles. The summed E-state index contributed by atoms with van der Waals surface area (Å²) in [6, 6.07) is 10.00. The molecule has 0 aliphatic carbocycles. The molecule has 0 saturated heterocycles. The number of fused-ring (bicyclic) bond motifs is 2. The summed E-state index contributed by atoms with van der Waals surface area (Å²) >= 11 is 0.